The van der Waals surface area contributed by atoms with Gasteiger partial charge >= 0.3 is 6.03 Å². The number of H-pyrrole nitrogens is 2. The van der Waals surface area contributed by atoms with Gasteiger partial charge < -0.3 is 31.2 Å². The fraction of sp³-hybridized carbons (Fsp3) is 0.125. The summed E-state index contributed by atoms with van der Waals surface area (Å²) in [5, 5.41) is 14.8. The molecule has 0 aliphatic rings. The number of nitrogens with one attached hydrogen (secondary N) is 5. The number of benzene rings is 2. The van der Waals surface area contributed by atoms with Crippen LogP contribution in [0.4, 0.5) is 22.1 Å². The van der Waals surface area contributed by atoms with Gasteiger partial charge in [0.2, 0.25) is 0 Å². The summed E-state index contributed by atoms with van der Waals surface area (Å²) < 4.78 is 6.29. The van der Waals surface area contributed by atoms with Gasteiger partial charge in [0.25, 0.3) is 11.5 Å². The van der Waals surface area contributed by atoms with Crippen LogP contribution in [-0.2, 0) is 6.54 Å². The summed E-state index contributed by atoms with van der Waals surface area (Å²) in [5.41, 5.74) is 9.22. The molecule has 7 N–H and O–H groups in total. The number of urea groups is 1. The van der Waals surface area contributed by atoms with Crippen LogP contribution in [0.25, 0.3) is 16.7 Å². The average Bonchev–Trinajstić information content (AvgIpc) is 3.54. The van der Waals surface area contributed by atoms with E-state index in [1.807, 2.05) is 0 Å². The van der Waals surface area contributed by atoms with Crippen LogP contribution in [0.1, 0.15) is 27.4 Å². The van der Waals surface area contributed by atoms with Crippen molar-refractivity contribution in [2.75, 3.05) is 16.4 Å². The van der Waals surface area contributed by atoms with E-state index in [1.54, 1.807) is 56.3 Å². The molecule has 37 heavy (non-hydrogen) atoms. The first-order chi connectivity index (χ1) is 17.8. The Morgan fingerprint density at radius 2 is 1.97 bits per heavy atom. The predicted octanol–water partition coefficient (Wildman–Crippen LogP) is 2.80. The maximum Gasteiger partial charge on any atom is 0.319 e. The van der Waals surface area contributed by atoms with Crippen molar-refractivity contribution in [1.82, 2.24) is 30.2 Å². The highest BCUT2D eigenvalue weighted by atomic mass is 16.5. The number of anilines is 3. The fourth-order valence-electron chi connectivity index (χ4n) is 3.84. The number of aryl methyl sites for hydroxylation is 2. The summed E-state index contributed by atoms with van der Waals surface area (Å²) in [6.45, 7) is 3.63. The second-order valence-electron chi connectivity index (χ2n) is 8.31. The van der Waals surface area contributed by atoms with Crippen LogP contribution >= 0.6 is 0 Å². The summed E-state index contributed by atoms with van der Waals surface area (Å²) in [6, 6.07) is 11.6. The summed E-state index contributed by atoms with van der Waals surface area (Å²) in [4.78, 5) is 45.1. The van der Waals surface area contributed by atoms with Crippen molar-refractivity contribution in [3.05, 3.63) is 81.6 Å². The first-order valence-electron chi connectivity index (χ1n) is 11.2. The van der Waals surface area contributed by atoms with E-state index in [9.17, 15) is 14.4 Å². The molecule has 0 aliphatic heterocycles. The minimum absolute atomic E-state index is 0.0633. The van der Waals surface area contributed by atoms with Crippen molar-refractivity contribution in [3.63, 3.8) is 0 Å². The lowest BCUT2D eigenvalue weighted by molar-refractivity contribution is 0.102. The molecule has 0 unspecified atom stereocenters. The number of nitrogen functional groups attached to an aromatic ring is 1. The van der Waals surface area contributed by atoms with Crippen molar-refractivity contribution in [3.8, 4) is 5.69 Å². The van der Waals surface area contributed by atoms with Gasteiger partial charge in [0.1, 0.15) is 16.9 Å². The number of rotatable bonds is 6. The van der Waals surface area contributed by atoms with Crippen molar-refractivity contribution in [2.45, 2.75) is 20.4 Å². The molecule has 13 nitrogen and oxygen atoms in total. The number of hydrogen-bond donors (Lipinski definition) is 6. The number of aromatic nitrogens is 5. The third-order valence-corrected chi connectivity index (χ3v) is 5.67. The zero-order chi connectivity index (χ0) is 26.1. The highest BCUT2D eigenvalue weighted by Crippen LogP contribution is 2.19. The fourth-order valence-corrected chi connectivity index (χ4v) is 3.84. The van der Waals surface area contributed by atoms with Gasteiger partial charge in [0.05, 0.1) is 16.7 Å². The smallest absolute Gasteiger partial charge is 0.319 e. The van der Waals surface area contributed by atoms with Crippen LogP contribution in [0.5, 0.6) is 0 Å². The van der Waals surface area contributed by atoms with E-state index < -0.39 is 17.5 Å². The molecule has 188 valence electrons. The second kappa shape index (κ2) is 9.37. The Morgan fingerprint density at radius 3 is 2.76 bits per heavy atom. The average molecular weight is 502 g/mol. The Bertz CT molecular complexity index is 1670. The lowest BCUT2D eigenvalue weighted by Gasteiger charge is -2.09. The van der Waals surface area contributed by atoms with Crippen LogP contribution in [0.2, 0.25) is 0 Å². The Labute approximate surface area is 209 Å². The van der Waals surface area contributed by atoms with Gasteiger partial charge in [0.15, 0.2) is 11.7 Å². The SMILES string of the molecule is Cc1noc(C)c1NC(=O)NCc1cccc(-n2[nH]cc(C(=O)Nc3ccc4nc(N)[nH]c4c3)c2=O)c1. The molecule has 13 heteroatoms. The van der Waals surface area contributed by atoms with Crippen molar-refractivity contribution in [1.29, 1.82) is 0 Å². The number of carbonyl (C=O) groups excluding carboxylic acids is 2. The summed E-state index contributed by atoms with van der Waals surface area (Å²) in [5.74, 6) is 0.207. The van der Waals surface area contributed by atoms with Crippen LogP contribution < -0.4 is 27.2 Å². The number of nitrogens with two attached hydrogens (primary N) is 1. The first kappa shape index (κ1) is 23.4. The molecule has 0 radical (unpaired) electrons. The largest absolute Gasteiger partial charge is 0.369 e. The first-order valence-corrected chi connectivity index (χ1v) is 11.2. The lowest BCUT2D eigenvalue weighted by Crippen LogP contribution is -2.28. The molecule has 0 saturated carbocycles. The maximum atomic E-state index is 13.0. The van der Waals surface area contributed by atoms with Gasteiger partial charge in [-0.25, -0.2) is 14.5 Å². The number of hydrogen-bond acceptors (Lipinski definition) is 7. The van der Waals surface area contributed by atoms with Gasteiger partial charge in [-0.05, 0) is 49.7 Å². The molecule has 0 saturated heterocycles. The molecule has 3 amide bonds. The standard InChI is InChI=1S/C24H23N9O4/c1-12-20(13(2)37-32-12)31-24(36)26-10-14-4-3-5-16(8-14)33-22(35)17(11-27-33)21(34)28-15-6-7-18-19(9-15)30-23(25)29-18/h3-9,11,27H,10H2,1-2H3,(H,28,34)(H3,25,29,30)(H2,26,31,36). The summed E-state index contributed by atoms with van der Waals surface area (Å²) in [7, 11) is 0. The van der Waals surface area contributed by atoms with Gasteiger partial charge in [-0.1, -0.05) is 17.3 Å². The molecule has 2 aromatic carbocycles. The molecule has 0 atom stereocenters. The molecule has 3 heterocycles. The van der Waals surface area contributed by atoms with E-state index in [1.165, 1.54) is 10.9 Å². The Kier molecular flexibility index (Phi) is 5.93. The van der Waals surface area contributed by atoms with Crippen molar-refractivity contribution < 1.29 is 14.1 Å². The number of carbonyl (C=O) groups is 2. The van der Waals surface area contributed by atoms with E-state index in [0.717, 1.165) is 5.56 Å². The normalized spacial score (nSPS) is 11.0. The molecule has 5 rings (SSSR count). The molecule has 3 aromatic heterocycles. The summed E-state index contributed by atoms with van der Waals surface area (Å²) >= 11 is 0. The topological polar surface area (TPSA) is 189 Å². The van der Waals surface area contributed by atoms with Crippen LogP contribution in [0.15, 0.2) is 58.0 Å². The number of amides is 3. The molecular formula is C24H23N9O4. The number of imidazole rings is 1. The zero-order valence-corrected chi connectivity index (χ0v) is 19.9. The minimum Gasteiger partial charge on any atom is -0.369 e. The number of nitrogens with zero attached hydrogens (tertiary/aromatic N) is 3. The van der Waals surface area contributed by atoms with Crippen molar-refractivity contribution in [2.24, 2.45) is 0 Å². The number of fused-ring (bicyclic) bond motifs is 1. The lowest BCUT2D eigenvalue weighted by atomic mass is 10.2. The molecular weight excluding hydrogens is 478 g/mol. The number of aromatic amines is 2. The Hall–Kier alpha value is -5.33. The monoisotopic (exact) mass is 501 g/mol. The summed E-state index contributed by atoms with van der Waals surface area (Å²) in [6.07, 6.45) is 1.34. The van der Waals surface area contributed by atoms with Crippen LogP contribution in [-0.4, -0.2) is 36.8 Å². The predicted molar refractivity (Wildman–Crippen MR) is 137 cm³/mol. The van der Waals surface area contributed by atoms with E-state index in [-0.39, 0.29) is 18.1 Å². The quantitative estimate of drug-likeness (QED) is 0.206. The molecule has 0 aliphatic carbocycles. The van der Waals surface area contributed by atoms with E-state index in [0.29, 0.717) is 39.5 Å². The highest BCUT2D eigenvalue weighted by molar-refractivity contribution is 6.04. The molecule has 0 bridgehead atoms. The molecule has 0 fully saturated rings. The third-order valence-electron chi connectivity index (χ3n) is 5.67. The van der Waals surface area contributed by atoms with E-state index in [2.05, 4.69) is 36.2 Å². The molecule has 0 spiro atoms. The third kappa shape index (κ3) is 4.77. The highest BCUT2D eigenvalue weighted by Gasteiger charge is 2.17. The Morgan fingerprint density at radius 1 is 1.14 bits per heavy atom. The Balaban J connectivity index is 1.27. The maximum absolute atomic E-state index is 13.0. The van der Waals surface area contributed by atoms with Crippen LogP contribution in [0, 0.1) is 13.8 Å². The molecule has 5 aromatic rings. The van der Waals surface area contributed by atoms with E-state index in [4.69, 9.17) is 10.3 Å². The van der Waals surface area contributed by atoms with Crippen molar-refractivity contribution >= 4 is 40.3 Å². The second-order valence-corrected chi connectivity index (χ2v) is 8.31. The minimum atomic E-state index is -0.569. The van der Waals surface area contributed by atoms with E-state index >= 15 is 0 Å². The van der Waals surface area contributed by atoms with Gasteiger partial charge in [0, 0.05) is 18.4 Å². The zero-order valence-electron chi connectivity index (χ0n) is 19.9. The van der Waals surface area contributed by atoms with Crippen LogP contribution in [0.3, 0.4) is 0 Å². The van der Waals surface area contributed by atoms with Gasteiger partial charge in [-0.3, -0.25) is 14.7 Å². The van der Waals surface area contributed by atoms with Gasteiger partial charge in [-0.15, -0.1) is 0 Å². The van der Waals surface area contributed by atoms with Gasteiger partial charge in [-0.2, -0.15) is 0 Å².